The first-order valence-electron chi connectivity index (χ1n) is 12.8. The van der Waals surface area contributed by atoms with Gasteiger partial charge in [-0.25, -0.2) is 10.9 Å². The Morgan fingerprint density at radius 1 is 0.667 bits per heavy atom. The highest BCUT2D eigenvalue weighted by Crippen LogP contribution is 2.48. The van der Waals surface area contributed by atoms with Crippen LogP contribution in [0.25, 0.3) is 0 Å². The van der Waals surface area contributed by atoms with Gasteiger partial charge in [0.15, 0.2) is 0 Å². The second kappa shape index (κ2) is 10.00. The van der Waals surface area contributed by atoms with Crippen LogP contribution in [0, 0.1) is 11.8 Å². The zero-order chi connectivity index (χ0) is 26.1. The fraction of sp³-hybridized carbons (Fsp3) is 0.467. The van der Waals surface area contributed by atoms with Crippen LogP contribution >= 0.6 is 0 Å². The van der Waals surface area contributed by atoms with Crippen molar-refractivity contribution >= 4 is 24.2 Å². The van der Waals surface area contributed by atoms with Gasteiger partial charge in [0, 0.05) is 11.8 Å². The van der Waals surface area contributed by atoms with Crippen molar-refractivity contribution in [1.29, 1.82) is 0 Å². The molecule has 190 valence electrons. The number of carbonyl (C=O) groups is 2. The Bertz CT molecular complexity index is 1060. The normalized spacial score (nSPS) is 23.6. The van der Waals surface area contributed by atoms with E-state index < -0.39 is 0 Å². The zero-order valence-corrected chi connectivity index (χ0v) is 22.2. The maximum Gasteiger partial charge on any atom is 0.243 e. The second-order valence-corrected chi connectivity index (χ2v) is 12.1. The van der Waals surface area contributed by atoms with Gasteiger partial charge in [0.2, 0.25) is 11.8 Å². The number of nitrogens with zero attached hydrogens (tertiary/aromatic N) is 2. The first kappa shape index (κ1) is 25.8. The highest BCUT2D eigenvalue weighted by Gasteiger charge is 2.44. The van der Waals surface area contributed by atoms with Crippen LogP contribution in [0.4, 0.5) is 0 Å². The van der Waals surface area contributed by atoms with Gasteiger partial charge in [-0.05, 0) is 57.8 Å². The van der Waals surface area contributed by atoms with Crippen molar-refractivity contribution in [3.8, 4) is 0 Å². The molecule has 0 aromatic heterocycles. The predicted octanol–water partition coefficient (Wildman–Crippen LogP) is 5.39. The number of nitrogens with one attached hydrogen (secondary N) is 2. The SMILES string of the molecule is CC(C)(C)c1ccc(C2CC2C(=O)NN=CC=NNC(=O)C2CC2c2ccc(C(C)(C)C)cc2)cc1. The second-order valence-electron chi connectivity index (χ2n) is 12.1. The lowest BCUT2D eigenvalue weighted by Crippen LogP contribution is -2.21. The van der Waals surface area contributed by atoms with Crippen molar-refractivity contribution in [2.75, 3.05) is 0 Å². The molecule has 4 unspecified atom stereocenters. The minimum absolute atomic E-state index is 0.0523. The molecular weight excluding hydrogens is 448 g/mol. The van der Waals surface area contributed by atoms with Gasteiger partial charge < -0.3 is 0 Å². The van der Waals surface area contributed by atoms with Gasteiger partial charge in [-0.3, -0.25) is 9.59 Å². The quantitative estimate of drug-likeness (QED) is 0.406. The Morgan fingerprint density at radius 3 is 1.31 bits per heavy atom. The lowest BCUT2D eigenvalue weighted by Gasteiger charge is -2.19. The lowest BCUT2D eigenvalue weighted by molar-refractivity contribution is -0.123. The molecule has 36 heavy (non-hydrogen) atoms. The molecule has 2 saturated carbocycles. The molecule has 6 heteroatoms. The van der Waals surface area contributed by atoms with E-state index in [1.165, 1.54) is 34.7 Å². The maximum absolute atomic E-state index is 12.4. The molecule has 2 aliphatic carbocycles. The molecule has 0 radical (unpaired) electrons. The summed E-state index contributed by atoms with van der Waals surface area (Å²) in [6.45, 7) is 13.2. The van der Waals surface area contributed by atoms with E-state index in [4.69, 9.17) is 0 Å². The molecule has 2 aromatic carbocycles. The molecule has 2 fully saturated rings. The molecule has 0 bridgehead atoms. The number of rotatable bonds is 7. The summed E-state index contributed by atoms with van der Waals surface area (Å²) < 4.78 is 0. The van der Waals surface area contributed by atoms with E-state index in [1.54, 1.807) is 0 Å². The van der Waals surface area contributed by atoms with Gasteiger partial charge >= 0.3 is 0 Å². The Kier molecular flexibility index (Phi) is 7.17. The smallest absolute Gasteiger partial charge is 0.243 e. The standard InChI is InChI=1S/C30H38N4O2/c1-29(2,3)21-11-7-19(8-12-21)23-17-25(23)27(35)33-31-15-16-32-34-28(36)26-18-24(26)20-9-13-22(14-10-20)30(4,5)6/h7-16,23-26H,17-18H2,1-6H3,(H,33,35)(H,34,36). The summed E-state index contributed by atoms with van der Waals surface area (Å²) >= 11 is 0. The minimum atomic E-state index is -0.0908. The van der Waals surface area contributed by atoms with E-state index in [1.807, 2.05) is 0 Å². The average Bonchev–Trinajstić information content (AvgIpc) is 3.74. The van der Waals surface area contributed by atoms with E-state index >= 15 is 0 Å². The molecule has 2 N–H and O–H groups in total. The van der Waals surface area contributed by atoms with Crippen molar-refractivity contribution < 1.29 is 9.59 Å². The number of hydrogen-bond acceptors (Lipinski definition) is 4. The summed E-state index contributed by atoms with van der Waals surface area (Å²) in [7, 11) is 0. The Balaban J connectivity index is 1.16. The molecule has 2 aromatic rings. The lowest BCUT2D eigenvalue weighted by atomic mass is 9.86. The van der Waals surface area contributed by atoms with Crippen molar-refractivity contribution in [1.82, 2.24) is 10.9 Å². The van der Waals surface area contributed by atoms with E-state index in [9.17, 15) is 9.59 Å². The molecule has 4 rings (SSSR count). The van der Waals surface area contributed by atoms with Crippen molar-refractivity contribution in [2.24, 2.45) is 22.0 Å². The number of hydrogen-bond donors (Lipinski definition) is 2. The van der Waals surface area contributed by atoms with E-state index in [-0.39, 0.29) is 46.3 Å². The molecule has 0 aliphatic heterocycles. The number of hydrazone groups is 2. The largest absolute Gasteiger partial charge is 0.273 e. The fourth-order valence-corrected chi connectivity index (χ4v) is 4.60. The average molecular weight is 487 g/mol. The summed E-state index contributed by atoms with van der Waals surface area (Å²) in [5, 5.41) is 7.86. The number of amides is 2. The van der Waals surface area contributed by atoms with Gasteiger partial charge in [0.25, 0.3) is 0 Å². The van der Waals surface area contributed by atoms with Crippen LogP contribution in [0.2, 0.25) is 0 Å². The van der Waals surface area contributed by atoms with Crippen LogP contribution in [0.3, 0.4) is 0 Å². The monoisotopic (exact) mass is 486 g/mol. The van der Waals surface area contributed by atoms with Crippen LogP contribution in [0.15, 0.2) is 58.7 Å². The Morgan fingerprint density at radius 2 is 1.00 bits per heavy atom. The van der Waals surface area contributed by atoms with Crippen molar-refractivity contribution in [3.05, 3.63) is 70.8 Å². The molecule has 0 heterocycles. The Labute approximate surface area is 214 Å². The summed E-state index contributed by atoms with van der Waals surface area (Å²) in [5.41, 5.74) is 10.3. The fourth-order valence-electron chi connectivity index (χ4n) is 4.60. The summed E-state index contributed by atoms with van der Waals surface area (Å²) in [4.78, 5) is 24.7. The molecule has 0 saturated heterocycles. The van der Waals surface area contributed by atoms with Crippen molar-refractivity contribution in [3.63, 3.8) is 0 Å². The summed E-state index contributed by atoms with van der Waals surface area (Å²) in [5.74, 6) is 0.211. The maximum atomic E-state index is 12.4. The van der Waals surface area contributed by atoms with Crippen molar-refractivity contribution in [2.45, 2.75) is 77.0 Å². The molecular formula is C30H38N4O2. The van der Waals surface area contributed by atoms with Crippen LogP contribution in [-0.4, -0.2) is 24.2 Å². The third-order valence-corrected chi connectivity index (χ3v) is 7.23. The first-order chi connectivity index (χ1) is 16.9. The van der Waals surface area contributed by atoms with Gasteiger partial charge in [-0.2, -0.15) is 10.2 Å². The van der Waals surface area contributed by atoms with Crippen LogP contribution < -0.4 is 10.9 Å². The highest BCUT2D eigenvalue weighted by atomic mass is 16.2. The molecule has 2 amide bonds. The third kappa shape index (κ3) is 6.28. The number of benzene rings is 2. The van der Waals surface area contributed by atoms with Gasteiger partial charge in [-0.15, -0.1) is 0 Å². The van der Waals surface area contributed by atoms with E-state index in [2.05, 4.69) is 111 Å². The highest BCUT2D eigenvalue weighted by molar-refractivity contribution is 6.16. The van der Waals surface area contributed by atoms with Crippen LogP contribution in [0.5, 0.6) is 0 Å². The zero-order valence-electron chi connectivity index (χ0n) is 22.2. The van der Waals surface area contributed by atoms with Crippen LogP contribution in [0.1, 0.15) is 88.5 Å². The van der Waals surface area contributed by atoms with Gasteiger partial charge in [0.1, 0.15) is 0 Å². The van der Waals surface area contributed by atoms with Crippen LogP contribution in [-0.2, 0) is 20.4 Å². The summed E-state index contributed by atoms with van der Waals surface area (Å²) in [6, 6.07) is 17.1. The topological polar surface area (TPSA) is 82.9 Å². The first-order valence-corrected chi connectivity index (χ1v) is 12.8. The summed E-state index contributed by atoms with van der Waals surface area (Å²) in [6.07, 6.45) is 4.43. The molecule has 4 atom stereocenters. The van der Waals surface area contributed by atoms with E-state index in [0.717, 1.165) is 12.8 Å². The molecule has 0 spiro atoms. The van der Waals surface area contributed by atoms with E-state index in [0.29, 0.717) is 0 Å². The number of carbonyl (C=O) groups excluding carboxylic acids is 2. The van der Waals surface area contributed by atoms with Gasteiger partial charge in [0.05, 0.1) is 12.4 Å². The third-order valence-electron chi connectivity index (χ3n) is 7.23. The predicted molar refractivity (Wildman–Crippen MR) is 145 cm³/mol. The molecule has 6 nitrogen and oxygen atoms in total. The van der Waals surface area contributed by atoms with Gasteiger partial charge in [-0.1, -0.05) is 90.1 Å². The Hall–Kier alpha value is -3.28. The molecule has 2 aliphatic rings. The minimum Gasteiger partial charge on any atom is -0.273 e.